The van der Waals surface area contributed by atoms with Gasteiger partial charge in [0.05, 0.1) is 0 Å². The van der Waals surface area contributed by atoms with Crippen molar-refractivity contribution in [2.24, 2.45) is 0 Å². The fourth-order valence-electron chi connectivity index (χ4n) is 2.95. The van der Waals surface area contributed by atoms with Gasteiger partial charge in [0.1, 0.15) is 0 Å². The predicted octanol–water partition coefficient (Wildman–Crippen LogP) is 1.41. The molecule has 16 heavy (non-hydrogen) atoms. The van der Waals surface area contributed by atoms with Gasteiger partial charge in [-0.3, -0.25) is 0 Å². The van der Waals surface area contributed by atoms with Crippen molar-refractivity contribution in [3.8, 4) is 0 Å². The number of nitrogens with zero attached hydrogens (tertiary/aromatic N) is 4. The van der Waals surface area contributed by atoms with Gasteiger partial charge in [0.2, 0.25) is 0 Å². The zero-order valence-corrected chi connectivity index (χ0v) is 10.1. The average Bonchev–Trinajstić information content (AvgIpc) is 2.84. The van der Waals surface area contributed by atoms with Crippen LogP contribution in [0.5, 0.6) is 0 Å². The Hall–Kier alpha value is -0.870. The summed E-state index contributed by atoms with van der Waals surface area (Å²) in [5, 5.41) is 8.55. The number of anilines is 1. The molecule has 0 aliphatic carbocycles. The summed E-state index contributed by atoms with van der Waals surface area (Å²) in [4.78, 5) is 4.82. The maximum Gasteiger partial charge on any atom is 0.151 e. The third-order valence-corrected chi connectivity index (χ3v) is 3.97. The van der Waals surface area contributed by atoms with E-state index in [0.717, 1.165) is 12.4 Å². The Morgan fingerprint density at radius 2 is 2.00 bits per heavy atom. The van der Waals surface area contributed by atoms with Crippen molar-refractivity contribution in [1.29, 1.82) is 0 Å². The van der Waals surface area contributed by atoms with E-state index < -0.39 is 0 Å². The van der Waals surface area contributed by atoms with Crippen LogP contribution in [0.2, 0.25) is 5.15 Å². The number of hydrogen-bond acceptors (Lipinski definition) is 4. The van der Waals surface area contributed by atoms with Crippen LogP contribution in [0.15, 0.2) is 12.1 Å². The summed E-state index contributed by atoms with van der Waals surface area (Å²) in [6.45, 7) is 2.27. The summed E-state index contributed by atoms with van der Waals surface area (Å²) in [5.41, 5.74) is 0. The van der Waals surface area contributed by atoms with Gasteiger partial charge in [0.25, 0.3) is 0 Å². The van der Waals surface area contributed by atoms with Gasteiger partial charge in [-0.25, -0.2) is 0 Å². The molecule has 0 N–H and O–H groups in total. The van der Waals surface area contributed by atoms with E-state index in [1.165, 1.54) is 19.4 Å². The lowest BCUT2D eigenvalue weighted by Crippen LogP contribution is -2.35. The average molecular weight is 239 g/mol. The summed E-state index contributed by atoms with van der Waals surface area (Å²) >= 11 is 5.75. The third kappa shape index (κ3) is 1.57. The van der Waals surface area contributed by atoms with E-state index >= 15 is 0 Å². The number of aromatic nitrogens is 2. The Labute approximate surface area is 100 Å². The molecule has 2 aliphatic rings. The fourth-order valence-corrected chi connectivity index (χ4v) is 3.05. The van der Waals surface area contributed by atoms with Crippen molar-refractivity contribution < 1.29 is 0 Å². The van der Waals surface area contributed by atoms with E-state index in [2.05, 4.69) is 27.0 Å². The number of hydrogen-bond donors (Lipinski definition) is 0. The summed E-state index contributed by atoms with van der Waals surface area (Å²) < 4.78 is 0. The van der Waals surface area contributed by atoms with Crippen LogP contribution >= 0.6 is 11.6 Å². The molecule has 0 unspecified atom stereocenters. The second kappa shape index (κ2) is 3.86. The minimum atomic E-state index is 0.461. The Kier molecular flexibility index (Phi) is 2.48. The smallest absolute Gasteiger partial charge is 0.151 e. The standard InChI is InChI=1S/C11H15ClN4/c1-15-6-4-9-8(15)5-7-16(9)11-3-2-10(12)13-14-11/h2-3,8-9H,4-7H2,1H3/t8-,9-/m0/s1. The molecular formula is C11H15ClN4. The molecule has 0 amide bonds. The lowest BCUT2D eigenvalue weighted by atomic mass is 10.1. The van der Waals surface area contributed by atoms with E-state index in [1.54, 1.807) is 0 Å². The Morgan fingerprint density at radius 3 is 2.75 bits per heavy atom. The Morgan fingerprint density at radius 1 is 1.19 bits per heavy atom. The highest BCUT2D eigenvalue weighted by Crippen LogP contribution is 2.33. The monoisotopic (exact) mass is 238 g/mol. The van der Waals surface area contributed by atoms with Gasteiger partial charge >= 0.3 is 0 Å². The SMILES string of the molecule is CN1CC[C@H]2[C@@H]1CCN2c1ccc(Cl)nn1. The normalized spacial score (nSPS) is 29.8. The largest absolute Gasteiger partial charge is 0.350 e. The van der Waals surface area contributed by atoms with Gasteiger partial charge in [0.15, 0.2) is 11.0 Å². The number of likely N-dealkylation sites (N-methyl/N-ethyl adjacent to an activating group) is 1. The van der Waals surface area contributed by atoms with Crippen LogP contribution in [0.1, 0.15) is 12.8 Å². The lowest BCUT2D eigenvalue weighted by Gasteiger charge is -2.24. The molecule has 1 aromatic heterocycles. The second-order valence-corrected chi connectivity index (χ2v) is 4.99. The summed E-state index contributed by atoms with van der Waals surface area (Å²) in [5.74, 6) is 0.965. The molecule has 0 bridgehead atoms. The van der Waals surface area contributed by atoms with Gasteiger partial charge in [-0.2, -0.15) is 0 Å². The molecule has 86 valence electrons. The van der Waals surface area contributed by atoms with Gasteiger partial charge in [-0.05, 0) is 32.0 Å². The van der Waals surface area contributed by atoms with Crippen LogP contribution in [0, 0.1) is 0 Å². The molecule has 0 saturated carbocycles. The minimum absolute atomic E-state index is 0.461. The van der Waals surface area contributed by atoms with Crippen molar-refractivity contribution in [1.82, 2.24) is 15.1 Å². The molecular weight excluding hydrogens is 224 g/mol. The molecule has 2 fully saturated rings. The van der Waals surface area contributed by atoms with Crippen LogP contribution in [0.25, 0.3) is 0 Å². The van der Waals surface area contributed by atoms with Crippen molar-refractivity contribution in [2.75, 3.05) is 25.0 Å². The predicted molar refractivity (Wildman–Crippen MR) is 63.8 cm³/mol. The molecule has 5 heteroatoms. The lowest BCUT2D eigenvalue weighted by molar-refractivity contribution is 0.311. The van der Waals surface area contributed by atoms with Crippen LogP contribution < -0.4 is 4.90 Å². The van der Waals surface area contributed by atoms with E-state index in [0.29, 0.717) is 17.2 Å². The third-order valence-electron chi connectivity index (χ3n) is 3.77. The highest BCUT2D eigenvalue weighted by molar-refractivity contribution is 6.29. The molecule has 1 aromatic rings. The summed E-state index contributed by atoms with van der Waals surface area (Å²) in [6, 6.07) is 5.09. The number of halogens is 1. The maximum absolute atomic E-state index is 5.75. The molecule has 0 spiro atoms. The van der Waals surface area contributed by atoms with Crippen LogP contribution in [0.3, 0.4) is 0 Å². The van der Waals surface area contributed by atoms with Gasteiger partial charge in [-0.1, -0.05) is 11.6 Å². The maximum atomic E-state index is 5.75. The number of likely N-dealkylation sites (tertiary alicyclic amines) is 1. The van der Waals surface area contributed by atoms with Crippen LogP contribution in [-0.4, -0.2) is 47.3 Å². The minimum Gasteiger partial charge on any atom is -0.350 e. The first kappa shape index (κ1) is 10.3. The molecule has 2 saturated heterocycles. The number of rotatable bonds is 1. The molecule has 4 nitrogen and oxygen atoms in total. The first-order valence-corrected chi connectivity index (χ1v) is 6.09. The first-order valence-electron chi connectivity index (χ1n) is 5.72. The highest BCUT2D eigenvalue weighted by atomic mass is 35.5. The van der Waals surface area contributed by atoms with E-state index in [4.69, 9.17) is 11.6 Å². The first-order chi connectivity index (χ1) is 7.75. The van der Waals surface area contributed by atoms with Gasteiger partial charge < -0.3 is 9.80 Å². The molecule has 3 rings (SSSR count). The zero-order valence-electron chi connectivity index (χ0n) is 9.30. The van der Waals surface area contributed by atoms with Crippen LogP contribution in [-0.2, 0) is 0 Å². The highest BCUT2D eigenvalue weighted by Gasteiger charge is 2.41. The van der Waals surface area contributed by atoms with Crippen molar-refractivity contribution >= 4 is 17.4 Å². The molecule has 2 aliphatic heterocycles. The van der Waals surface area contributed by atoms with E-state index in [1.807, 2.05) is 12.1 Å². The number of fused-ring (bicyclic) bond motifs is 1. The molecule has 0 aromatic carbocycles. The topological polar surface area (TPSA) is 32.3 Å². The second-order valence-electron chi connectivity index (χ2n) is 4.60. The molecule has 2 atom stereocenters. The fraction of sp³-hybridized carbons (Fsp3) is 0.636. The van der Waals surface area contributed by atoms with Gasteiger partial charge in [-0.15, -0.1) is 10.2 Å². The van der Waals surface area contributed by atoms with E-state index in [9.17, 15) is 0 Å². The van der Waals surface area contributed by atoms with E-state index in [-0.39, 0.29) is 0 Å². The van der Waals surface area contributed by atoms with Gasteiger partial charge in [0, 0.05) is 25.2 Å². The Balaban J connectivity index is 1.84. The van der Waals surface area contributed by atoms with Crippen LogP contribution in [0.4, 0.5) is 5.82 Å². The summed E-state index contributed by atoms with van der Waals surface area (Å²) in [6.07, 6.45) is 2.46. The van der Waals surface area contributed by atoms with Crippen molar-refractivity contribution in [3.05, 3.63) is 17.3 Å². The summed E-state index contributed by atoms with van der Waals surface area (Å²) in [7, 11) is 2.21. The quantitative estimate of drug-likeness (QED) is 0.741. The Bertz CT molecular complexity index is 380. The van der Waals surface area contributed by atoms with Crippen molar-refractivity contribution in [3.63, 3.8) is 0 Å². The molecule has 3 heterocycles. The van der Waals surface area contributed by atoms with Crippen molar-refractivity contribution in [2.45, 2.75) is 24.9 Å². The zero-order chi connectivity index (χ0) is 11.1. The molecule has 0 radical (unpaired) electrons.